The number of halogens is 1. The van der Waals surface area contributed by atoms with Crippen LogP contribution >= 0.6 is 24.3 Å². The van der Waals surface area contributed by atoms with E-state index in [1.54, 1.807) is 0 Å². The molecule has 8 heteroatoms. The molecule has 0 bridgehead atoms. The molecule has 0 heterocycles. The number of carbonyl (C=O) groups excluding carboxylic acids is 2. The van der Waals surface area contributed by atoms with Gasteiger partial charge >= 0.3 is 0 Å². The minimum atomic E-state index is -2.20. The van der Waals surface area contributed by atoms with Crippen molar-refractivity contribution in [3.8, 4) is 0 Å². The topological polar surface area (TPSA) is 84.9 Å². The summed E-state index contributed by atoms with van der Waals surface area (Å²) in [5, 5.41) is 3.25. The molecule has 0 aliphatic rings. The first kappa shape index (κ1) is 29.9. The number of methoxy groups -OCH3 is 1. The van der Waals surface area contributed by atoms with Gasteiger partial charge in [-0.3, -0.25) is 9.59 Å². The Morgan fingerprint density at radius 3 is 1.90 bits per heavy atom. The maximum Gasteiger partial charge on any atom is 0.243 e. The third-order valence-electron chi connectivity index (χ3n) is 5.03. The van der Waals surface area contributed by atoms with Crippen molar-refractivity contribution < 1.29 is 23.7 Å². The van der Waals surface area contributed by atoms with Gasteiger partial charge in [-0.2, -0.15) is 0 Å². The molecule has 0 fully saturated rings. The molecule has 0 saturated heterocycles. The van der Waals surface area contributed by atoms with Crippen molar-refractivity contribution in [3.63, 3.8) is 0 Å². The lowest BCUT2D eigenvalue weighted by atomic mass is 10.0. The van der Waals surface area contributed by atoms with Crippen LogP contribution in [-0.4, -0.2) is 48.0 Å². The number of nitrogens with one attached hydrogen (secondary N) is 1. The third kappa shape index (κ3) is 17.6. The first-order chi connectivity index (χ1) is 14.6. The van der Waals surface area contributed by atoms with Crippen LogP contribution in [0.2, 0.25) is 0 Å². The van der Waals surface area contributed by atoms with Crippen molar-refractivity contribution in [1.82, 2.24) is 5.32 Å². The first-order valence-electron chi connectivity index (χ1n) is 11.6. The predicted octanol–water partition coefficient (Wildman–Crippen LogP) is 5.84. The van der Waals surface area contributed by atoms with Crippen LogP contribution in [0.5, 0.6) is 0 Å². The van der Waals surface area contributed by atoms with Crippen molar-refractivity contribution in [2.24, 2.45) is 0 Å². The summed E-state index contributed by atoms with van der Waals surface area (Å²) in [4.78, 5) is 33.7. The minimum Gasteiger partial charge on any atom is -0.371 e. The highest BCUT2D eigenvalue weighted by Gasteiger charge is 2.27. The van der Waals surface area contributed by atoms with Crippen LogP contribution in [0, 0.1) is 0 Å². The summed E-state index contributed by atoms with van der Waals surface area (Å²) in [6.07, 6.45) is 16.1. The van der Waals surface area contributed by atoms with Gasteiger partial charge in [0.15, 0.2) is 0 Å². The van der Waals surface area contributed by atoms with E-state index >= 15 is 0 Å². The quantitative estimate of drug-likeness (QED) is 0.108. The van der Waals surface area contributed by atoms with E-state index in [1.807, 2.05) is 0 Å². The molecule has 0 saturated carbocycles. The molecular formula is C22H43BrNO5P. The van der Waals surface area contributed by atoms with Crippen LogP contribution in [0.3, 0.4) is 0 Å². The molecule has 178 valence electrons. The van der Waals surface area contributed by atoms with Crippen LogP contribution < -0.4 is 5.32 Å². The zero-order chi connectivity index (χ0) is 22.5. The smallest absolute Gasteiger partial charge is 0.243 e. The van der Waals surface area contributed by atoms with E-state index in [1.165, 1.54) is 77.7 Å². The van der Waals surface area contributed by atoms with E-state index in [-0.39, 0.29) is 19.1 Å². The van der Waals surface area contributed by atoms with E-state index in [0.29, 0.717) is 11.8 Å². The summed E-state index contributed by atoms with van der Waals surface area (Å²) in [6.45, 7) is 2.56. The molecule has 2 atom stereocenters. The molecule has 0 spiro atoms. The Bertz CT molecular complexity index is 428. The van der Waals surface area contributed by atoms with Gasteiger partial charge < -0.3 is 19.5 Å². The second-order valence-electron chi connectivity index (χ2n) is 7.65. The average Bonchev–Trinajstić information content (AvgIpc) is 2.75. The highest BCUT2D eigenvalue weighted by Crippen LogP contribution is 2.34. The molecule has 0 rings (SSSR count). The molecule has 0 radical (unpaired) electrons. The Morgan fingerprint density at radius 2 is 1.43 bits per heavy atom. The number of unbranched alkanes of at least 4 members (excludes halogenated alkanes) is 12. The summed E-state index contributed by atoms with van der Waals surface area (Å²) in [5.41, 5.74) is -0.519. The highest BCUT2D eigenvalue weighted by atomic mass is 79.9. The maximum atomic E-state index is 12.0. The van der Waals surface area contributed by atoms with Gasteiger partial charge in [0.2, 0.25) is 19.8 Å². The average molecular weight is 512 g/mol. The number of hydrogen-bond acceptors (Lipinski definition) is 5. The summed E-state index contributed by atoms with van der Waals surface area (Å²) >= 11 is 3.17. The predicted molar refractivity (Wildman–Crippen MR) is 128 cm³/mol. The number of alkyl halides is 1. The van der Waals surface area contributed by atoms with E-state index in [4.69, 9.17) is 9.26 Å². The van der Waals surface area contributed by atoms with Crippen molar-refractivity contribution in [3.05, 3.63) is 0 Å². The fourth-order valence-corrected chi connectivity index (χ4v) is 4.42. The second kappa shape index (κ2) is 22.1. The highest BCUT2D eigenvalue weighted by molar-refractivity contribution is 9.09. The van der Waals surface area contributed by atoms with Crippen LogP contribution in [0.25, 0.3) is 0 Å². The van der Waals surface area contributed by atoms with Crippen molar-refractivity contribution in [2.45, 2.75) is 103 Å². The molecule has 2 unspecified atom stereocenters. The summed E-state index contributed by atoms with van der Waals surface area (Å²) in [5.74, 6) is -0.0865. The van der Waals surface area contributed by atoms with Crippen LogP contribution in [0.1, 0.15) is 96.8 Å². The molecule has 0 aromatic carbocycles. The molecular weight excluding hydrogens is 469 g/mol. The van der Waals surface area contributed by atoms with Gasteiger partial charge in [-0.05, 0) is 6.42 Å². The third-order valence-corrected chi connectivity index (χ3v) is 6.45. The van der Waals surface area contributed by atoms with Gasteiger partial charge in [0, 0.05) is 18.9 Å². The summed E-state index contributed by atoms with van der Waals surface area (Å²) in [6, 6.07) is 0. The van der Waals surface area contributed by atoms with Gasteiger partial charge in [-0.15, -0.1) is 0 Å². The zero-order valence-electron chi connectivity index (χ0n) is 19.0. The van der Waals surface area contributed by atoms with Crippen molar-refractivity contribution in [2.75, 3.05) is 25.6 Å². The molecule has 0 aliphatic heterocycles. The molecule has 0 aromatic rings. The minimum absolute atomic E-state index is 0.0592. The fourth-order valence-electron chi connectivity index (χ4n) is 3.18. The van der Waals surface area contributed by atoms with E-state index < -0.39 is 20.0 Å². The Labute approximate surface area is 193 Å². The van der Waals surface area contributed by atoms with Crippen molar-refractivity contribution in [1.29, 1.82) is 0 Å². The van der Waals surface area contributed by atoms with E-state index in [0.717, 1.165) is 12.8 Å². The standard InChI is InChI=1S/C22H43BrNO5P/c1-3-4-5-6-7-8-9-10-11-12-13-14-15-16-21(25)24-19-20(28-2)22(26)30(27)29-18-17-23/h20,27H,3-19H2,1-2H3,(H,24,25). The van der Waals surface area contributed by atoms with E-state index in [2.05, 4.69) is 28.2 Å². The van der Waals surface area contributed by atoms with Crippen molar-refractivity contribution >= 4 is 35.7 Å². The van der Waals surface area contributed by atoms with E-state index in [9.17, 15) is 14.5 Å². The number of rotatable bonds is 22. The summed E-state index contributed by atoms with van der Waals surface area (Å²) in [7, 11) is -0.813. The Kier molecular flexibility index (Phi) is 22.1. The molecule has 2 N–H and O–H groups in total. The number of hydrogen-bond donors (Lipinski definition) is 2. The van der Waals surface area contributed by atoms with Crippen LogP contribution in [-0.2, 0) is 18.8 Å². The van der Waals surface area contributed by atoms with Gasteiger partial charge in [-0.1, -0.05) is 99.9 Å². The summed E-state index contributed by atoms with van der Waals surface area (Å²) < 4.78 is 10.1. The maximum absolute atomic E-state index is 12.0. The number of carbonyl (C=O) groups is 2. The lowest BCUT2D eigenvalue weighted by Crippen LogP contribution is -2.37. The molecule has 0 aliphatic carbocycles. The lowest BCUT2D eigenvalue weighted by molar-refractivity contribution is -0.124. The molecule has 6 nitrogen and oxygen atoms in total. The number of amides is 1. The molecule has 1 amide bonds. The Hall–Kier alpha value is -0.0700. The van der Waals surface area contributed by atoms with Gasteiger partial charge in [0.1, 0.15) is 6.10 Å². The molecule has 30 heavy (non-hydrogen) atoms. The molecule has 0 aromatic heterocycles. The SMILES string of the molecule is CCCCCCCCCCCCCCCC(=O)NCC(OC)C(=O)P(O)OCCBr. The Morgan fingerprint density at radius 1 is 0.933 bits per heavy atom. The van der Waals surface area contributed by atoms with Gasteiger partial charge in [0.25, 0.3) is 0 Å². The number of ether oxygens (including phenoxy) is 1. The van der Waals surface area contributed by atoms with Crippen LogP contribution in [0.4, 0.5) is 0 Å². The lowest BCUT2D eigenvalue weighted by Gasteiger charge is -2.17. The van der Waals surface area contributed by atoms with Gasteiger partial charge in [0.05, 0.1) is 13.2 Å². The Balaban J connectivity index is 3.61. The second-order valence-corrected chi connectivity index (χ2v) is 9.69. The normalized spacial score (nSPS) is 13.2. The monoisotopic (exact) mass is 511 g/mol. The fraction of sp³-hybridized carbons (Fsp3) is 0.909. The zero-order valence-corrected chi connectivity index (χ0v) is 21.5. The van der Waals surface area contributed by atoms with Gasteiger partial charge in [-0.25, -0.2) is 0 Å². The van der Waals surface area contributed by atoms with Crippen LogP contribution in [0.15, 0.2) is 0 Å². The largest absolute Gasteiger partial charge is 0.371 e. The first-order valence-corrected chi connectivity index (χ1v) is 13.9.